The fraction of sp³-hybridized carbons (Fsp3) is 0.0952. The van der Waals surface area contributed by atoms with Crippen molar-refractivity contribution in [3.63, 3.8) is 0 Å². The van der Waals surface area contributed by atoms with Gasteiger partial charge in [0, 0.05) is 10.9 Å². The molecule has 0 radical (unpaired) electrons. The number of para-hydroxylation sites is 1. The Balaban J connectivity index is 1.82. The first-order valence-electron chi connectivity index (χ1n) is 8.97. The lowest BCUT2D eigenvalue weighted by Crippen LogP contribution is -2.15. The molecule has 0 spiro atoms. The average Bonchev–Trinajstić information content (AvgIpc) is 3.04. The summed E-state index contributed by atoms with van der Waals surface area (Å²) in [7, 11) is 0. The molecule has 1 unspecified atom stereocenters. The van der Waals surface area contributed by atoms with Crippen LogP contribution in [0.4, 0.5) is 0 Å². The molecule has 1 aliphatic rings. The highest BCUT2D eigenvalue weighted by Crippen LogP contribution is 2.48. The van der Waals surface area contributed by atoms with Crippen LogP contribution in [0.5, 0.6) is 11.8 Å². The van der Waals surface area contributed by atoms with E-state index in [2.05, 4.69) is 9.97 Å². The van der Waals surface area contributed by atoms with Crippen molar-refractivity contribution in [1.29, 1.82) is 0 Å². The summed E-state index contributed by atoms with van der Waals surface area (Å²) in [4.78, 5) is 6.15. The quantitative estimate of drug-likeness (QED) is 0.320. The number of hydrogen-bond acceptors (Lipinski definition) is 4. The second kappa shape index (κ2) is 6.95. The third-order valence-electron chi connectivity index (χ3n) is 4.99. The Kier molecular flexibility index (Phi) is 4.38. The Morgan fingerprint density at radius 1 is 1.00 bits per heavy atom. The Morgan fingerprint density at radius 3 is 2.45 bits per heavy atom. The number of nitrogens with one attached hydrogen (secondary N) is 2. The number of aromatic nitrogens is 4. The fourth-order valence-electron chi connectivity index (χ4n) is 3.74. The first-order chi connectivity index (χ1) is 14.0. The van der Waals surface area contributed by atoms with E-state index in [1.54, 1.807) is 0 Å². The maximum absolute atomic E-state index is 6.29. The van der Waals surface area contributed by atoms with E-state index >= 15 is 0 Å². The number of rotatable bonds is 2. The highest BCUT2D eigenvalue weighted by molar-refractivity contribution is 7.72. The van der Waals surface area contributed by atoms with Crippen LogP contribution in [0.15, 0.2) is 54.6 Å². The summed E-state index contributed by atoms with van der Waals surface area (Å²) in [5.74, 6) is 1.01. The van der Waals surface area contributed by atoms with Crippen LogP contribution in [0.3, 0.4) is 0 Å². The molecule has 144 valence electrons. The van der Waals surface area contributed by atoms with Crippen molar-refractivity contribution in [2.24, 2.45) is 0 Å². The van der Waals surface area contributed by atoms with Gasteiger partial charge in [-0.2, -0.15) is 5.10 Å². The molecule has 5 rings (SSSR count). The van der Waals surface area contributed by atoms with Crippen molar-refractivity contribution in [2.45, 2.75) is 12.8 Å². The lowest BCUT2D eigenvalue weighted by molar-refractivity contribution is 0.401. The smallest absolute Gasteiger partial charge is 0.229 e. The van der Waals surface area contributed by atoms with Crippen molar-refractivity contribution < 1.29 is 4.74 Å². The predicted octanol–water partition coefficient (Wildman–Crippen LogP) is 6.24. The van der Waals surface area contributed by atoms with Gasteiger partial charge in [0.05, 0.1) is 22.5 Å². The molecule has 3 heterocycles. The van der Waals surface area contributed by atoms with Crippen LogP contribution in [0.1, 0.15) is 28.3 Å². The number of hydrogen-bond donors (Lipinski definition) is 2. The number of fused-ring (bicyclic) bond motifs is 2. The first-order valence-corrected chi connectivity index (χ1v) is 10.2. The molecule has 8 heteroatoms. The molecule has 4 aromatic rings. The normalized spacial score (nSPS) is 14.8. The summed E-state index contributed by atoms with van der Waals surface area (Å²) >= 11 is 17.0. The molecule has 29 heavy (non-hydrogen) atoms. The second-order valence-electron chi connectivity index (χ2n) is 6.79. The van der Waals surface area contributed by atoms with Crippen LogP contribution in [-0.4, -0.2) is 19.7 Å². The van der Waals surface area contributed by atoms with Crippen LogP contribution in [0.2, 0.25) is 5.02 Å². The van der Waals surface area contributed by atoms with E-state index in [9.17, 15) is 0 Å². The molecule has 2 aromatic heterocycles. The van der Waals surface area contributed by atoms with Gasteiger partial charge in [0.1, 0.15) is 4.64 Å². The number of aryl methyl sites for hydroxylation is 1. The molecule has 0 bridgehead atoms. The SMILES string of the molecule is Cc1nn(-c2ccccc2)c2c1C(c1ccc(Cl)cc1)c1c([nH]c(=S)[nH]c1=S)O2. The van der Waals surface area contributed by atoms with E-state index in [-0.39, 0.29) is 5.92 Å². The van der Waals surface area contributed by atoms with Gasteiger partial charge in [-0.25, -0.2) is 4.68 Å². The fourth-order valence-corrected chi connectivity index (χ4v) is 4.44. The zero-order valence-electron chi connectivity index (χ0n) is 15.3. The first kappa shape index (κ1) is 18.3. The summed E-state index contributed by atoms with van der Waals surface area (Å²) in [5, 5.41) is 5.45. The van der Waals surface area contributed by atoms with Crippen molar-refractivity contribution in [2.75, 3.05) is 0 Å². The van der Waals surface area contributed by atoms with E-state index in [1.807, 2.05) is 66.2 Å². The number of benzene rings is 2. The molecule has 2 aromatic carbocycles. The topological polar surface area (TPSA) is 58.6 Å². The standard InChI is InChI=1S/C21H15ClN4OS2/c1-11-15-16(12-7-9-13(22)10-8-12)17-18(23-21(29)24-19(17)28)27-20(15)26(25-11)14-5-3-2-4-6-14/h2-10,16H,1H3,(H2,23,24,28,29). The minimum absolute atomic E-state index is 0.168. The molecule has 1 aliphatic heterocycles. The molecular formula is C21H15ClN4OS2. The van der Waals surface area contributed by atoms with Gasteiger partial charge in [0.15, 0.2) is 4.77 Å². The van der Waals surface area contributed by atoms with Gasteiger partial charge in [-0.15, -0.1) is 0 Å². The van der Waals surface area contributed by atoms with Gasteiger partial charge >= 0.3 is 0 Å². The van der Waals surface area contributed by atoms with Gasteiger partial charge in [-0.3, -0.25) is 0 Å². The maximum atomic E-state index is 6.29. The van der Waals surface area contributed by atoms with E-state index in [0.29, 0.717) is 26.2 Å². The van der Waals surface area contributed by atoms with Crippen molar-refractivity contribution in [3.8, 4) is 17.4 Å². The van der Waals surface area contributed by atoms with Gasteiger partial charge in [-0.05, 0) is 49.0 Å². The molecule has 1 atom stereocenters. The lowest BCUT2D eigenvalue weighted by Gasteiger charge is -2.26. The molecule has 5 nitrogen and oxygen atoms in total. The monoisotopic (exact) mass is 438 g/mol. The molecule has 0 fully saturated rings. The van der Waals surface area contributed by atoms with E-state index in [4.69, 9.17) is 45.9 Å². The van der Waals surface area contributed by atoms with Crippen LogP contribution >= 0.6 is 36.0 Å². The number of ether oxygens (including phenoxy) is 1. The van der Waals surface area contributed by atoms with Gasteiger partial charge in [0.25, 0.3) is 0 Å². The average molecular weight is 439 g/mol. The molecular weight excluding hydrogens is 424 g/mol. The summed E-state index contributed by atoms with van der Waals surface area (Å²) in [6, 6.07) is 17.6. The number of H-pyrrole nitrogens is 2. The molecule has 0 amide bonds. The van der Waals surface area contributed by atoms with Crippen molar-refractivity contribution >= 4 is 36.0 Å². The van der Waals surface area contributed by atoms with E-state index in [1.165, 1.54) is 0 Å². The molecule has 0 saturated carbocycles. The van der Waals surface area contributed by atoms with Crippen molar-refractivity contribution in [3.05, 3.63) is 91.4 Å². The maximum Gasteiger partial charge on any atom is 0.229 e. The Hall–Kier alpha value is -2.74. The summed E-state index contributed by atoms with van der Waals surface area (Å²) in [5.41, 5.74) is 4.62. The van der Waals surface area contributed by atoms with Gasteiger partial charge < -0.3 is 14.7 Å². The largest absolute Gasteiger partial charge is 0.422 e. The Labute approximate surface area is 182 Å². The lowest BCUT2D eigenvalue weighted by atomic mass is 9.85. The van der Waals surface area contributed by atoms with Crippen molar-refractivity contribution in [1.82, 2.24) is 19.7 Å². The number of aromatic amines is 2. The van der Waals surface area contributed by atoms with Crippen LogP contribution in [0, 0.1) is 16.3 Å². The Bertz CT molecular complexity index is 1340. The second-order valence-corrected chi connectivity index (χ2v) is 8.04. The van der Waals surface area contributed by atoms with Gasteiger partial charge in [0.2, 0.25) is 11.8 Å². The molecule has 2 N–H and O–H groups in total. The van der Waals surface area contributed by atoms with Gasteiger partial charge in [-0.1, -0.05) is 54.2 Å². The number of nitrogens with zero attached hydrogens (tertiary/aromatic N) is 2. The summed E-state index contributed by atoms with van der Waals surface area (Å²) in [6.45, 7) is 1.98. The van der Waals surface area contributed by atoms with E-state index in [0.717, 1.165) is 28.1 Å². The minimum atomic E-state index is -0.168. The third kappa shape index (κ3) is 3.02. The van der Waals surface area contributed by atoms with Crippen LogP contribution < -0.4 is 4.74 Å². The summed E-state index contributed by atoms with van der Waals surface area (Å²) in [6.07, 6.45) is 0. The molecule has 0 aliphatic carbocycles. The summed E-state index contributed by atoms with van der Waals surface area (Å²) < 4.78 is 9.05. The third-order valence-corrected chi connectivity index (χ3v) is 5.76. The van der Waals surface area contributed by atoms with Crippen LogP contribution in [-0.2, 0) is 0 Å². The minimum Gasteiger partial charge on any atom is -0.422 e. The predicted molar refractivity (Wildman–Crippen MR) is 118 cm³/mol. The zero-order chi connectivity index (χ0) is 20.1. The number of halogens is 1. The highest BCUT2D eigenvalue weighted by Gasteiger charge is 2.36. The zero-order valence-corrected chi connectivity index (χ0v) is 17.7. The van der Waals surface area contributed by atoms with E-state index < -0.39 is 0 Å². The Morgan fingerprint density at radius 2 is 1.72 bits per heavy atom. The molecule has 0 saturated heterocycles. The van der Waals surface area contributed by atoms with Crippen LogP contribution in [0.25, 0.3) is 5.69 Å². The highest BCUT2D eigenvalue weighted by atomic mass is 35.5.